The van der Waals surface area contributed by atoms with Crippen molar-refractivity contribution in [3.8, 4) is 28.4 Å². The van der Waals surface area contributed by atoms with Gasteiger partial charge in [-0.1, -0.05) is 156 Å². The number of allylic oxidation sites excluding steroid dienone is 3. The molecule has 0 spiro atoms. The fourth-order valence-electron chi connectivity index (χ4n) is 7.51. The summed E-state index contributed by atoms with van der Waals surface area (Å²) in [6.45, 7) is 51.8. The molecule has 0 heterocycles. The van der Waals surface area contributed by atoms with Gasteiger partial charge in [-0.3, -0.25) is 0 Å². The number of benzene rings is 3. The summed E-state index contributed by atoms with van der Waals surface area (Å²) in [6, 6.07) is 13.2. The molecule has 0 aromatic heterocycles. The normalized spacial score (nSPS) is 16.7. The molecule has 0 bridgehead atoms. The number of rotatable bonds is 10. The Kier molecular flexibility index (Phi) is 15.0. The summed E-state index contributed by atoms with van der Waals surface area (Å²) in [4.78, 5) is 13.9. The monoisotopic (exact) mass is 883 g/mol. The second-order valence-electron chi connectivity index (χ2n) is 24.4. The second kappa shape index (κ2) is 18.3. The maximum atomic E-state index is 13.9. The third-order valence-electron chi connectivity index (χ3n) is 12.2. The highest BCUT2D eigenvalue weighted by atomic mass is 31.2. The van der Waals surface area contributed by atoms with E-state index in [9.17, 15) is 4.79 Å². The van der Waals surface area contributed by atoms with E-state index in [4.69, 9.17) is 23.0 Å². The van der Waals surface area contributed by atoms with E-state index >= 15 is 0 Å². The third kappa shape index (κ3) is 12.7. The van der Waals surface area contributed by atoms with Gasteiger partial charge in [0.1, 0.15) is 28.6 Å². The molecule has 0 aliphatic heterocycles. The molecule has 0 saturated carbocycles. The van der Waals surface area contributed by atoms with Crippen molar-refractivity contribution < 1.29 is 27.8 Å². The van der Waals surface area contributed by atoms with Crippen LogP contribution >= 0.6 is 8.60 Å². The Morgan fingerprint density at radius 1 is 0.619 bits per heavy atom. The Hall–Kier alpha value is -3.76. The fraction of sp³-hybridized carbons (Fsp3) is 0.589. The lowest BCUT2D eigenvalue weighted by molar-refractivity contribution is 0.0204. The van der Waals surface area contributed by atoms with Crippen LogP contribution < -0.4 is 13.8 Å². The van der Waals surface area contributed by atoms with Gasteiger partial charge in [-0.2, -0.15) is 0 Å². The van der Waals surface area contributed by atoms with Crippen LogP contribution in [0.15, 0.2) is 59.9 Å². The van der Waals surface area contributed by atoms with Gasteiger partial charge < -0.3 is 23.0 Å². The summed E-state index contributed by atoms with van der Waals surface area (Å²) in [5, 5.41) is 0. The van der Waals surface area contributed by atoms with E-state index in [-0.39, 0.29) is 34.0 Å². The van der Waals surface area contributed by atoms with Crippen LogP contribution in [0.25, 0.3) is 11.1 Å². The van der Waals surface area contributed by atoms with Gasteiger partial charge >= 0.3 is 14.8 Å². The highest BCUT2D eigenvalue weighted by Gasteiger charge is 2.38. The lowest BCUT2D eigenvalue weighted by Gasteiger charge is -2.35. The van der Waals surface area contributed by atoms with Gasteiger partial charge in [0.25, 0.3) is 0 Å². The smallest absolute Gasteiger partial charge is 0.428 e. The largest absolute Gasteiger partial charge is 0.530 e. The van der Waals surface area contributed by atoms with Gasteiger partial charge in [0.15, 0.2) is 0 Å². The van der Waals surface area contributed by atoms with Gasteiger partial charge in [0, 0.05) is 22.3 Å². The highest BCUT2D eigenvalue weighted by Crippen LogP contribution is 2.56. The minimum absolute atomic E-state index is 0.0570. The lowest BCUT2D eigenvalue weighted by atomic mass is 9.73. The number of ether oxygens (including phenoxy) is 2. The summed E-state index contributed by atoms with van der Waals surface area (Å²) < 4.78 is 34.2. The molecule has 7 heteroatoms. The molecule has 0 fully saturated rings. The van der Waals surface area contributed by atoms with E-state index < -0.39 is 31.2 Å². The average molecular weight is 883 g/mol. The zero-order valence-corrected chi connectivity index (χ0v) is 44.6. The van der Waals surface area contributed by atoms with E-state index in [1.807, 2.05) is 20.8 Å². The van der Waals surface area contributed by atoms with Crippen LogP contribution in [0.4, 0.5) is 4.79 Å². The first-order valence-corrected chi connectivity index (χ1v) is 24.2. The van der Waals surface area contributed by atoms with Crippen LogP contribution in [-0.4, -0.2) is 11.8 Å². The first-order chi connectivity index (χ1) is 28.4. The Bertz CT molecular complexity index is 2220. The fourth-order valence-corrected chi connectivity index (χ4v) is 8.61. The zero-order chi connectivity index (χ0) is 48.2. The van der Waals surface area contributed by atoms with Crippen LogP contribution in [0.1, 0.15) is 197 Å². The van der Waals surface area contributed by atoms with Gasteiger partial charge in [0.05, 0.1) is 0 Å². The Morgan fingerprint density at radius 3 is 1.54 bits per heavy atom. The highest BCUT2D eigenvalue weighted by molar-refractivity contribution is 7.42. The van der Waals surface area contributed by atoms with Crippen LogP contribution in [0.5, 0.6) is 17.2 Å². The molecule has 3 aromatic carbocycles. The van der Waals surface area contributed by atoms with E-state index in [1.165, 1.54) is 5.56 Å². The molecule has 0 N–H and O–H groups in total. The third-order valence-corrected chi connectivity index (χ3v) is 13.2. The minimum Gasteiger partial charge on any atom is -0.428 e. The van der Waals surface area contributed by atoms with Gasteiger partial charge in [-0.25, -0.2) is 4.79 Å². The van der Waals surface area contributed by atoms with E-state index in [2.05, 4.69) is 194 Å². The summed E-state index contributed by atoms with van der Waals surface area (Å²) in [5.74, 6) is 3.17. The van der Waals surface area contributed by atoms with E-state index in [1.54, 1.807) is 0 Å². The van der Waals surface area contributed by atoms with Crippen molar-refractivity contribution in [3.63, 3.8) is 0 Å². The maximum absolute atomic E-state index is 13.9. The average Bonchev–Trinajstić information content (AvgIpc) is 3.08. The van der Waals surface area contributed by atoms with Crippen molar-refractivity contribution in [1.29, 1.82) is 0 Å². The van der Waals surface area contributed by atoms with Crippen molar-refractivity contribution in [3.05, 3.63) is 98.8 Å². The standard InChI is InChI=1S/C56H83O6P/c1-33(2)40-25-35(5)36(6)26-46(40)60-63(61-47-27-37(7)56(23,24)32-43(47)34(3)4)62-49-42(29-39(52(11,12)13)31-45(49)54(17,18)19)41-28-38(51(8,9)10)30-44(53(14,15)16)48(41)58-50(57)59-55(20,21)22/h25-34,37H,1-24H3. The molecule has 2 atom stereocenters. The molecule has 3 aromatic rings. The predicted octanol–water partition coefficient (Wildman–Crippen LogP) is 17.4. The summed E-state index contributed by atoms with van der Waals surface area (Å²) >= 11 is 0. The van der Waals surface area contributed by atoms with Crippen molar-refractivity contribution in [1.82, 2.24) is 0 Å². The van der Waals surface area contributed by atoms with Crippen molar-refractivity contribution in [2.45, 2.75) is 199 Å². The van der Waals surface area contributed by atoms with Gasteiger partial charge in [0.2, 0.25) is 0 Å². The van der Waals surface area contributed by atoms with Crippen LogP contribution in [0.3, 0.4) is 0 Å². The van der Waals surface area contributed by atoms with Crippen molar-refractivity contribution in [2.75, 3.05) is 0 Å². The predicted molar refractivity (Wildman–Crippen MR) is 267 cm³/mol. The van der Waals surface area contributed by atoms with Gasteiger partial charge in [-0.15, -0.1) is 0 Å². The molecular weight excluding hydrogens is 800 g/mol. The van der Waals surface area contributed by atoms with E-state index in [0.717, 1.165) is 61.6 Å². The SMILES string of the molecule is Cc1cc(OP(OC2=CC(C)C(C)(C)C=C2C(C)C)Oc2c(-c3cc(C(C)(C)C)cc(C(C)(C)C)c3OC(=O)OC(C)(C)C)cc(C(C)(C)C)cc2C(C)(C)C)c(C(C)C)cc1C. The van der Waals surface area contributed by atoms with Gasteiger partial charge in [-0.05, 0) is 137 Å². The van der Waals surface area contributed by atoms with E-state index in [0.29, 0.717) is 11.5 Å². The quantitative estimate of drug-likeness (QED) is 0.115. The summed E-state index contributed by atoms with van der Waals surface area (Å²) in [5.41, 5.74) is 8.04. The summed E-state index contributed by atoms with van der Waals surface area (Å²) in [6.07, 6.45) is 3.84. The minimum atomic E-state index is -2.15. The summed E-state index contributed by atoms with van der Waals surface area (Å²) in [7, 11) is -2.15. The molecule has 2 unspecified atom stereocenters. The molecule has 0 amide bonds. The molecule has 348 valence electrons. The molecule has 4 rings (SSSR count). The van der Waals surface area contributed by atoms with Crippen molar-refractivity contribution in [2.24, 2.45) is 17.3 Å². The molecular formula is C56H83O6P. The lowest BCUT2D eigenvalue weighted by Crippen LogP contribution is -2.27. The number of hydrogen-bond donors (Lipinski definition) is 0. The molecule has 6 nitrogen and oxygen atoms in total. The zero-order valence-electron chi connectivity index (χ0n) is 43.7. The molecule has 1 aliphatic carbocycles. The first-order valence-electron chi connectivity index (χ1n) is 23.1. The van der Waals surface area contributed by atoms with Crippen molar-refractivity contribution >= 4 is 14.8 Å². The van der Waals surface area contributed by atoms with Crippen LogP contribution in [0, 0.1) is 31.1 Å². The number of carbonyl (C=O) groups excluding carboxylic acids is 1. The molecule has 1 aliphatic rings. The topological polar surface area (TPSA) is 63.2 Å². The maximum Gasteiger partial charge on any atom is 0.530 e. The number of hydrogen-bond acceptors (Lipinski definition) is 6. The Morgan fingerprint density at radius 2 is 1.10 bits per heavy atom. The molecule has 0 saturated heterocycles. The van der Waals surface area contributed by atoms with Crippen LogP contribution in [0.2, 0.25) is 0 Å². The first kappa shape index (κ1) is 51.9. The molecule has 63 heavy (non-hydrogen) atoms. The van der Waals surface area contributed by atoms with Crippen LogP contribution in [-0.2, 0) is 30.9 Å². The second-order valence-corrected chi connectivity index (χ2v) is 25.4. The Labute approximate surface area is 385 Å². The number of carbonyl (C=O) groups is 1. The number of aryl methyl sites for hydroxylation is 2. The Balaban J connectivity index is 2.22. The molecule has 0 radical (unpaired) electrons.